The number of halogens is 1. The Labute approximate surface area is 124 Å². The number of aliphatic hydroxyl groups is 3. The Morgan fingerprint density at radius 3 is 2.62 bits per heavy atom. The highest BCUT2D eigenvalue weighted by Crippen LogP contribution is 2.33. The van der Waals surface area contributed by atoms with Crippen LogP contribution in [0.25, 0.3) is 11.2 Å². The standard InChI is InChI=1S/C10H11BrN4O6/c11-9-12-3-6(13-10(20)14-7(3)19)15(9)8-5(18)4(17)2(1-16)21-8/h2,4-5,8,16-18H,1H2,(H2,13,14,19,20)/t2-,4+,5-,8+/m1/s1. The molecule has 2 aromatic heterocycles. The predicted molar refractivity (Wildman–Crippen MR) is 71.7 cm³/mol. The van der Waals surface area contributed by atoms with Crippen LogP contribution in [0.4, 0.5) is 0 Å². The van der Waals surface area contributed by atoms with Gasteiger partial charge in [0, 0.05) is 0 Å². The van der Waals surface area contributed by atoms with Crippen molar-refractivity contribution >= 4 is 27.1 Å². The number of aromatic amines is 2. The highest BCUT2D eigenvalue weighted by molar-refractivity contribution is 9.10. The van der Waals surface area contributed by atoms with Crippen molar-refractivity contribution in [3.63, 3.8) is 0 Å². The van der Waals surface area contributed by atoms with Gasteiger partial charge in [-0.2, -0.15) is 0 Å². The summed E-state index contributed by atoms with van der Waals surface area (Å²) in [6.07, 6.45) is -4.77. The smallest absolute Gasteiger partial charge is 0.327 e. The van der Waals surface area contributed by atoms with Gasteiger partial charge < -0.3 is 20.1 Å². The average molecular weight is 363 g/mol. The minimum Gasteiger partial charge on any atom is -0.394 e. The first-order valence-electron chi connectivity index (χ1n) is 5.96. The van der Waals surface area contributed by atoms with E-state index in [0.717, 1.165) is 0 Å². The van der Waals surface area contributed by atoms with Crippen LogP contribution in [0.15, 0.2) is 14.3 Å². The molecule has 1 aliphatic rings. The van der Waals surface area contributed by atoms with Crippen molar-refractivity contribution < 1.29 is 20.1 Å². The van der Waals surface area contributed by atoms with Gasteiger partial charge >= 0.3 is 5.69 Å². The van der Waals surface area contributed by atoms with Gasteiger partial charge in [-0.15, -0.1) is 0 Å². The number of aliphatic hydroxyl groups excluding tert-OH is 3. The van der Waals surface area contributed by atoms with E-state index in [9.17, 15) is 19.8 Å². The van der Waals surface area contributed by atoms with Gasteiger partial charge in [-0.3, -0.25) is 19.3 Å². The number of aromatic nitrogens is 4. The summed E-state index contributed by atoms with van der Waals surface area (Å²) >= 11 is 3.11. The van der Waals surface area contributed by atoms with E-state index in [-0.39, 0.29) is 15.9 Å². The van der Waals surface area contributed by atoms with Gasteiger partial charge in [0.15, 0.2) is 22.1 Å². The molecule has 11 heteroatoms. The van der Waals surface area contributed by atoms with Gasteiger partial charge in [-0.05, 0) is 15.9 Å². The summed E-state index contributed by atoms with van der Waals surface area (Å²) in [6, 6.07) is 0. The third-order valence-corrected chi connectivity index (χ3v) is 3.87. The summed E-state index contributed by atoms with van der Waals surface area (Å²) in [5.41, 5.74) is -1.46. The van der Waals surface area contributed by atoms with E-state index < -0.39 is 42.4 Å². The van der Waals surface area contributed by atoms with Crippen LogP contribution in [0, 0.1) is 0 Å². The van der Waals surface area contributed by atoms with Crippen LogP contribution in [0.3, 0.4) is 0 Å². The maximum absolute atomic E-state index is 11.7. The number of hydrogen-bond donors (Lipinski definition) is 5. The molecule has 0 aromatic carbocycles. The molecule has 0 radical (unpaired) electrons. The van der Waals surface area contributed by atoms with Crippen molar-refractivity contribution in [2.45, 2.75) is 24.5 Å². The van der Waals surface area contributed by atoms with Crippen molar-refractivity contribution in [1.82, 2.24) is 19.5 Å². The molecule has 114 valence electrons. The number of rotatable bonds is 2. The number of nitrogens with one attached hydrogen (secondary N) is 2. The zero-order valence-corrected chi connectivity index (χ0v) is 11.9. The van der Waals surface area contributed by atoms with E-state index in [0.29, 0.717) is 0 Å². The van der Waals surface area contributed by atoms with Crippen molar-refractivity contribution in [3.8, 4) is 0 Å². The predicted octanol–water partition coefficient (Wildman–Crippen LogP) is -2.21. The number of fused-ring (bicyclic) bond motifs is 1. The minimum absolute atomic E-state index is 0.0328. The first-order chi connectivity index (χ1) is 9.93. The molecule has 1 saturated heterocycles. The second kappa shape index (κ2) is 5.03. The van der Waals surface area contributed by atoms with E-state index in [1.807, 2.05) is 4.98 Å². The maximum Gasteiger partial charge on any atom is 0.327 e. The molecule has 2 aromatic rings. The Kier molecular flexibility index (Phi) is 3.45. The van der Waals surface area contributed by atoms with E-state index in [4.69, 9.17) is 9.84 Å². The Morgan fingerprint density at radius 1 is 1.29 bits per heavy atom. The first-order valence-corrected chi connectivity index (χ1v) is 6.76. The molecule has 21 heavy (non-hydrogen) atoms. The number of imidazole rings is 1. The van der Waals surface area contributed by atoms with Crippen molar-refractivity contribution in [2.75, 3.05) is 6.61 Å². The monoisotopic (exact) mass is 362 g/mol. The molecule has 10 nitrogen and oxygen atoms in total. The molecule has 3 heterocycles. The van der Waals surface area contributed by atoms with E-state index >= 15 is 0 Å². The van der Waals surface area contributed by atoms with Crippen LogP contribution in [0.1, 0.15) is 6.23 Å². The van der Waals surface area contributed by atoms with Crippen molar-refractivity contribution in [2.24, 2.45) is 0 Å². The third-order valence-electron chi connectivity index (χ3n) is 3.31. The molecule has 0 unspecified atom stereocenters. The maximum atomic E-state index is 11.7. The van der Waals surface area contributed by atoms with Gasteiger partial charge in [-0.25, -0.2) is 9.78 Å². The van der Waals surface area contributed by atoms with Crippen molar-refractivity contribution in [1.29, 1.82) is 0 Å². The highest BCUT2D eigenvalue weighted by Gasteiger charge is 2.44. The zero-order valence-electron chi connectivity index (χ0n) is 10.4. The topological polar surface area (TPSA) is 153 Å². The number of nitrogens with zero attached hydrogens (tertiary/aromatic N) is 2. The zero-order chi connectivity index (χ0) is 15.3. The number of ether oxygens (including phenoxy) is 1. The van der Waals surface area contributed by atoms with Gasteiger partial charge in [-0.1, -0.05) is 0 Å². The lowest BCUT2D eigenvalue weighted by Gasteiger charge is -2.17. The van der Waals surface area contributed by atoms with Crippen molar-refractivity contribution in [3.05, 3.63) is 25.6 Å². The van der Waals surface area contributed by atoms with Crippen LogP contribution in [0.5, 0.6) is 0 Å². The normalized spacial score (nSPS) is 29.3. The molecule has 0 spiro atoms. The lowest BCUT2D eigenvalue weighted by Crippen LogP contribution is -2.33. The van der Waals surface area contributed by atoms with Gasteiger partial charge in [0.05, 0.1) is 6.61 Å². The lowest BCUT2D eigenvalue weighted by atomic mass is 10.1. The summed E-state index contributed by atoms with van der Waals surface area (Å²) in [6.45, 7) is -0.490. The fraction of sp³-hybridized carbons (Fsp3) is 0.500. The molecule has 0 saturated carbocycles. The second-order valence-corrected chi connectivity index (χ2v) is 5.29. The van der Waals surface area contributed by atoms with Gasteiger partial charge in [0.1, 0.15) is 18.3 Å². The van der Waals surface area contributed by atoms with Crippen LogP contribution in [0.2, 0.25) is 0 Å². The SMILES string of the molecule is O=c1[nH]c(=O)c2nc(Br)n([C@H]3O[C@H](CO)[C@H](O)[C@H]3O)c2[nH]1. The molecule has 1 fully saturated rings. The Bertz CT molecular complexity index is 797. The Balaban J connectivity index is 2.19. The van der Waals surface area contributed by atoms with Crippen LogP contribution in [-0.2, 0) is 4.74 Å². The Hall–Kier alpha value is -1.53. The summed E-state index contributed by atoms with van der Waals surface area (Å²) in [7, 11) is 0. The molecule has 5 N–H and O–H groups in total. The summed E-state index contributed by atoms with van der Waals surface area (Å²) in [5, 5.41) is 28.9. The molecule has 0 bridgehead atoms. The summed E-state index contributed by atoms with van der Waals surface area (Å²) in [4.78, 5) is 31.4. The largest absolute Gasteiger partial charge is 0.394 e. The molecule has 1 aliphatic heterocycles. The lowest BCUT2D eigenvalue weighted by molar-refractivity contribution is -0.0521. The molecule has 3 rings (SSSR count). The molecular formula is C10H11BrN4O6. The van der Waals surface area contributed by atoms with Crippen LogP contribution < -0.4 is 11.2 Å². The quantitative estimate of drug-likeness (QED) is 0.379. The first kappa shape index (κ1) is 14.4. The van der Waals surface area contributed by atoms with E-state index in [1.165, 1.54) is 4.57 Å². The minimum atomic E-state index is -1.36. The van der Waals surface area contributed by atoms with E-state index in [2.05, 4.69) is 25.9 Å². The van der Waals surface area contributed by atoms with E-state index in [1.54, 1.807) is 0 Å². The average Bonchev–Trinajstić information content (AvgIpc) is 2.89. The molecule has 0 aliphatic carbocycles. The summed E-state index contributed by atoms with van der Waals surface area (Å²) in [5.74, 6) is 0. The van der Waals surface area contributed by atoms with Gasteiger partial charge in [0.25, 0.3) is 5.56 Å². The fourth-order valence-electron chi connectivity index (χ4n) is 2.31. The van der Waals surface area contributed by atoms with Crippen LogP contribution >= 0.6 is 15.9 Å². The third kappa shape index (κ3) is 2.13. The fourth-order valence-corrected chi connectivity index (χ4v) is 2.87. The molecule has 0 amide bonds. The number of hydrogen-bond acceptors (Lipinski definition) is 7. The summed E-state index contributed by atoms with van der Waals surface area (Å²) < 4.78 is 6.71. The molecule has 4 atom stereocenters. The highest BCUT2D eigenvalue weighted by atomic mass is 79.9. The van der Waals surface area contributed by atoms with Gasteiger partial charge in [0.2, 0.25) is 0 Å². The second-order valence-electron chi connectivity index (χ2n) is 4.59. The Morgan fingerprint density at radius 2 is 2.00 bits per heavy atom. The number of H-pyrrole nitrogens is 2. The van der Waals surface area contributed by atoms with Crippen LogP contribution in [-0.4, -0.2) is 59.8 Å². The molecular weight excluding hydrogens is 352 g/mol.